The number of nitrogens with zero attached hydrogens (tertiary/aromatic N) is 4. The second-order valence-electron chi connectivity index (χ2n) is 6.46. The van der Waals surface area contributed by atoms with Crippen LogP contribution in [0.15, 0.2) is 21.6 Å². The Labute approximate surface area is 128 Å². The van der Waals surface area contributed by atoms with Crippen molar-refractivity contribution in [2.45, 2.75) is 39.3 Å². The summed E-state index contributed by atoms with van der Waals surface area (Å²) in [4.78, 5) is 14.5. The maximum absolute atomic E-state index is 12.1. The molecule has 0 radical (unpaired) electrons. The van der Waals surface area contributed by atoms with Gasteiger partial charge in [0.15, 0.2) is 0 Å². The van der Waals surface area contributed by atoms with Crippen molar-refractivity contribution in [1.29, 1.82) is 0 Å². The van der Waals surface area contributed by atoms with E-state index in [0.717, 1.165) is 68.0 Å². The fraction of sp³-hybridized carbons (Fsp3) is 0.562. The lowest BCUT2D eigenvalue weighted by molar-refractivity contribution is 0.0760. The topological polar surface area (TPSA) is 64.2 Å². The van der Waals surface area contributed by atoms with Gasteiger partial charge in [-0.3, -0.25) is 9.69 Å². The zero-order valence-corrected chi connectivity index (χ0v) is 12.8. The number of aryl methyl sites for hydroxylation is 3. The smallest absolute Gasteiger partial charge is 0.267 e. The number of aromatic nitrogens is 3. The van der Waals surface area contributed by atoms with E-state index >= 15 is 0 Å². The minimum atomic E-state index is 0.0500. The Morgan fingerprint density at radius 2 is 2.23 bits per heavy atom. The second-order valence-corrected chi connectivity index (χ2v) is 6.46. The predicted molar refractivity (Wildman–Crippen MR) is 80.5 cm³/mol. The first kappa shape index (κ1) is 13.7. The van der Waals surface area contributed by atoms with Crippen LogP contribution in [0, 0.1) is 12.8 Å². The molecular formula is C16H20N4O2. The predicted octanol–water partition coefficient (Wildman–Crippen LogP) is 1.16. The lowest BCUT2D eigenvalue weighted by Gasteiger charge is -2.39. The Morgan fingerprint density at radius 1 is 1.36 bits per heavy atom. The zero-order chi connectivity index (χ0) is 15.1. The fourth-order valence-electron chi connectivity index (χ4n) is 3.45. The van der Waals surface area contributed by atoms with Crippen LogP contribution in [0.5, 0.6) is 0 Å². The van der Waals surface area contributed by atoms with Gasteiger partial charge in [0.1, 0.15) is 5.76 Å². The minimum Gasteiger partial charge on any atom is -0.361 e. The van der Waals surface area contributed by atoms with E-state index in [4.69, 9.17) is 4.52 Å². The molecule has 116 valence electrons. The normalized spacial score (nSPS) is 18.4. The van der Waals surface area contributed by atoms with E-state index < -0.39 is 0 Å². The van der Waals surface area contributed by atoms with Gasteiger partial charge in [-0.25, -0.2) is 4.68 Å². The van der Waals surface area contributed by atoms with Crippen LogP contribution in [0.25, 0.3) is 0 Å². The number of hydrogen-bond donors (Lipinski definition) is 0. The number of rotatable bonds is 4. The zero-order valence-electron chi connectivity index (χ0n) is 12.8. The lowest BCUT2D eigenvalue weighted by atomic mass is 9.99. The molecule has 4 rings (SSSR count). The van der Waals surface area contributed by atoms with Crippen LogP contribution in [0.3, 0.4) is 0 Å². The summed E-state index contributed by atoms with van der Waals surface area (Å²) in [5.74, 6) is 1.39. The van der Waals surface area contributed by atoms with Crippen LogP contribution in [-0.4, -0.2) is 32.9 Å². The van der Waals surface area contributed by atoms with Crippen molar-refractivity contribution in [3.8, 4) is 0 Å². The molecule has 2 aromatic heterocycles. The molecule has 0 spiro atoms. The molecule has 0 aromatic carbocycles. The molecule has 6 heteroatoms. The summed E-state index contributed by atoms with van der Waals surface area (Å²) in [7, 11) is 0. The average molecular weight is 300 g/mol. The largest absolute Gasteiger partial charge is 0.361 e. The Hall–Kier alpha value is -1.95. The SMILES string of the molecule is Cc1oncc1CN1CC(Cn2nc3c(cc2=O)CCC3)C1. The third-order valence-corrected chi connectivity index (χ3v) is 4.73. The summed E-state index contributed by atoms with van der Waals surface area (Å²) >= 11 is 0. The Morgan fingerprint density at radius 3 is 3.00 bits per heavy atom. The third kappa shape index (κ3) is 2.47. The van der Waals surface area contributed by atoms with E-state index in [1.54, 1.807) is 16.9 Å². The van der Waals surface area contributed by atoms with E-state index in [-0.39, 0.29) is 5.56 Å². The molecule has 3 heterocycles. The molecule has 22 heavy (non-hydrogen) atoms. The first-order chi connectivity index (χ1) is 10.7. The van der Waals surface area contributed by atoms with E-state index in [2.05, 4.69) is 15.2 Å². The fourth-order valence-corrected chi connectivity index (χ4v) is 3.45. The van der Waals surface area contributed by atoms with Crippen LogP contribution < -0.4 is 5.56 Å². The van der Waals surface area contributed by atoms with E-state index in [0.29, 0.717) is 5.92 Å². The van der Waals surface area contributed by atoms with Crippen molar-refractivity contribution in [2.24, 2.45) is 5.92 Å². The molecular weight excluding hydrogens is 280 g/mol. The van der Waals surface area contributed by atoms with E-state index in [9.17, 15) is 4.79 Å². The molecule has 0 saturated carbocycles. The van der Waals surface area contributed by atoms with Gasteiger partial charge in [0.2, 0.25) is 0 Å². The van der Waals surface area contributed by atoms with E-state index in [1.165, 1.54) is 0 Å². The van der Waals surface area contributed by atoms with Gasteiger partial charge in [-0.15, -0.1) is 0 Å². The van der Waals surface area contributed by atoms with Crippen LogP contribution in [-0.2, 0) is 25.9 Å². The van der Waals surface area contributed by atoms with E-state index in [1.807, 2.05) is 6.92 Å². The molecule has 2 aromatic rings. The van der Waals surface area contributed by atoms with Crippen molar-refractivity contribution in [2.75, 3.05) is 13.1 Å². The maximum Gasteiger partial charge on any atom is 0.267 e. The van der Waals surface area contributed by atoms with Gasteiger partial charge >= 0.3 is 0 Å². The van der Waals surface area contributed by atoms with Crippen molar-refractivity contribution in [3.05, 3.63) is 45.2 Å². The highest BCUT2D eigenvalue weighted by atomic mass is 16.5. The number of likely N-dealkylation sites (tertiary alicyclic amines) is 1. The number of hydrogen-bond acceptors (Lipinski definition) is 5. The molecule has 0 amide bonds. The standard InChI is InChI=1S/C16H20N4O2/c1-11-14(6-17-22-11)10-19-7-12(8-19)9-20-16(21)5-13-3-2-4-15(13)18-20/h5-6,12H,2-4,7-10H2,1H3. The molecule has 0 N–H and O–H groups in total. The highest BCUT2D eigenvalue weighted by molar-refractivity contribution is 5.22. The molecule has 6 nitrogen and oxygen atoms in total. The van der Waals surface area contributed by atoms with Crippen LogP contribution >= 0.6 is 0 Å². The van der Waals surface area contributed by atoms with Crippen molar-refractivity contribution in [3.63, 3.8) is 0 Å². The summed E-state index contributed by atoms with van der Waals surface area (Å²) in [5, 5.41) is 8.36. The number of fused-ring (bicyclic) bond motifs is 1. The first-order valence-electron chi connectivity index (χ1n) is 7.91. The summed E-state index contributed by atoms with van der Waals surface area (Å²) in [6.07, 6.45) is 4.93. The van der Waals surface area contributed by atoms with Crippen LogP contribution in [0.1, 0.15) is 29.0 Å². The molecule has 1 aliphatic heterocycles. The van der Waals surface area contributed by atoms with Gasteiger partial charge in [-0.2, -0.15) is 5.10 Å². The first-order valence-corrected chi connectivity index (χ1v) is 7.91. The van der Waals surface area contributed by atoms with Gasteiger partial charge in [0.25, 0.3) is 5.56 Å². The van der Waals surface area contributed by atoms with Crippen LogP contribution in [0.4, 0.5) is 0 Å². The summed E-state index contributed by atoms with van der Waals surface area (Å²) in [6, 6.07) is 1.78. The molecule has 1 aliphatic carbocycles. The molecule has 2 aliphatic rings. The Kier molecular flexibility index (Phi) is 3.33. The van der Waals surface area contributed by atoms with Gasteiger partial charge in [-0.05, 0) is 31.7 Å². The van der Waals surface area contributed by atoms with Gasteiger partial charge in [0, 0.05) is 37.2 Å². The summed E-state index contributed by atoms with van der Waals surface area (Å²) in [6.45, 7) is 5.53. The van der Waals surface area contributed by atoms with Crippen molar-refractivity contribution >= 4 is 0 Å². The molecule has 0 atom stereocenters. The second kappa shape index (κ2) is 5.35. The summed E-state index contributed by atoms with van der Waals surface area (Å²) in [5.41, 5.74) is 3.47. The molecule has 1 saturated heterocycles. The Balaban J connectivity index is 1.36. The lowest BCUT2D eigenvalue weighted by Crippen LogP contribution is -2.49. The Bertz CT molecular complexity index is 743. The highest BCUT2D eigenvalue weighted by Gasteiger charge is 2.28. The van der Waals surface area contributed by atoms with Crippen molar-refractivity contribution < 1.29 is 4.52 Å². The average Bonchev–Trinajstić information content (AvgIpc) is 3.05. The van der Waals surface area contributed by atoms with Gasteiger partial charge in [0.05, 0.1) is 18.4 Å². The van der Waals surface area contributed by atoms with Crippen LogP contribution in [0.2, 0.25) is 0 Å². The third-order valence-electron chi connectivity index (χ3n) is 4.73. The van der Waals surface area contributed by atoms with Gasteiger partial charge < -0.3 is 4.52 Å². The molecule has 0 bridgehead atoms. The minimum absolute atomic E-state index is 0.0500. The maximum atomic E-state index is 12.1. The highest BCUT2D eigenvalue weighted by Crippen LogP contribution is 2.22. The van der Waals surface area contributed by atoms with Crippen molar-refractivity contribution in [1.82, 2.24) is 19.8 Å². The monoisotopic (exact) mass is 300 g/mol. The summed E-state index contributed by atoms with van der Waals surface area (Å²) < 4.78 is 6.75. The molecule has 1 fully saturated rings. The molecule has 0 unspecified atom stereocenters. The quantitative estimate of drug-likeness (QED) is 0.848. The van der Waals surface area contributed by atoms with Gasteiger partial charge in [-0.1, -0.05) is 5.16 Å².